The Hall–Kier alpha value is -2.02. The minimum Gasteiger partial charge on any atom is -0.398 e. The van der Waals surface area contributed by atoms with Gasteiger partial charge in [-0.1, -0.05) is 35.3 Å². The first-order valence-electron chi connectivity index (χ1n) is 6.52. The molecule has 0 unspecified atom stereocenters. The van der Waals surface area contributed by atoms with Crippen LogP contribution in [-0.2, 0) is 0 Å². The summed E-state index contributed by atoms with van der Waals surface area (Å²) in [5.41, 5.74) is 13.0. The topological polar surface area (TPSA) is 90.7 Å². The number of hydrogen-bond acceptors (Lipinski definition) is 6. The maximum absolute atomic E-state index is 6.20. The number of nitrogens with two attached hydrogens (primary N) is 2. The van der Waals surface area contributed by atoms with Gasteiger partial charge in [-0.25, -0.2) is 4.98 Å². The van der Waals surface area contributed by atoms with Gasteiger partial charge in [-0.05, 0) is 42.1 Å². The van der Waals surface area contributed by atoms with Gasteiger partial charge >= 0.3 is 0 Å². The molecule has 23 heavy (non-hydrogen) atoms. The monoisotopic (exact) mass is 363 g/mol. The number of hydrogen-bond donors (Lipinski definition) is 2. The van der Waals surface area contributed by atoms with Crippen molar-refractivity contribution >= 4 is 46.6 Å². The highest BCUT2D eigenvalue weighted by Gasteiger charge is 2.12. The van der Waals surface area contributed by atoms with E-state index in [1.807, 2.05) is 24.3 Å². The third-order valence-corrected chi connectivity index (χ3v) is 4.43. The number of nitrogen functional groups attached to an aromatic ring is 2. The Morgan fingerprint density at radius 3 is 2.43 bits per heavy atom. The number of halogens is 2. The van der Waals surface area contributed by atoms with Gasteiger partial charge < -0.3 is 11.5 Å². The van der Waals surface area contributed by atoms with E-state index in [1.54, 1.807) is 18.2 Å². The molecule has 3 aromatic rings. The molecular weight excluding hydrogens is 353 g/mol. The summed E-state index contributed by atoms with van der Waals surface area (Å²) < 4.78 is 0. The molecule has 0 aliphatic rings. The van der Waals surface area contributed by atoms with Crippen LogP contribution in [0.5, 0.6) is 0 Å². The maximum atomic E-state index is 6.20. The van der Waals surface area contributed by atoms with E-state index in [0.717, 1.165) is 4.90 Å². The van der Waals surface area contributed by atoms with Gasteiger partial charge in [0.05, 0.1) is 5.02 Å². The van der Waals surface area contributed by atoms with Crippen molar-refractivity contribution in [2.24, 2.45) is 0 Å². The molecule has 0 saturated carbocycles. The van der Waals surface area contributed by atoms with Crippen LogP contribution in [0.2, 0.25) is 10.0 Å². The Kier molecular flexibility index (Phi) is 4.56. The quantitative estimate of drug-likeness (QED) is 0.678. The Labute approximate surface area is 147 Å². The Morgan fingerprint density at radius 1 is 0.913 bits per heavy atom. The van der Waals surface area contributed by atoms with Crippen LogP contribution in [0.1, 0.15) is 0 Å². The molecule has 1 aromatic heterocycles. The second-order valence-corrected chi connectivity index (χ2v) is 6.42. The number of para-hydroxylation sites is 1. The average Bonchev–Trinajstić information content (AvgIpc) is 2.49. The van der Waals surface area contributed by atoms with Crippen molar-refractivity contribution in [1.82, 2.24) is 15.0 Å². The molecule has 0 aliphatic carbocycles. The van der Waals surface area contributed by atoms with E-state index in [-0.39, 0.29) is 5.95 Å². The fraction of sp³-hybridized carbons (Fsp3) is 0. The highest BCUT2D eigenvalue weighted by Crippen LogP contribution is 2.32. The third kappa shape index (κ3) is 3.67. The van der Waals surface area contributed by atoms with Crippen LogP contribution in [0.25, 0.3) is 11.4 Å². The van der Waals surface area contributed by atoms with Gasteiger partial charge in [0.1, 0.15) is 0 Å². The summed E-state index contributed by atoms with van der Waals surface area (Å²) in [5, 5.41) is 1.42. The van der Waals surface area contributed by atoms with E-state index < -0.39 is 0 Å². The van der Waals surface area contributed by atoms with Gasteiger partial charge in [0.25, 0.3) is 0 Å². The smallest absolute Gasteiger partial charge is 0.224 e. The first-order valence-corrected chi connectivity index (χ1v) is 8.09. The summed E-state index contributed by atoms with van der Waals surface area (Å²) >= 11 is 13.4. The second kappa shape index (κ2) is 6.62. The van der Waals surface area contributed by atoms with Crippen LogP contribution in [0.15, 0.2) is 52.5 Å². The molecule has 3 rings (SSSR count). The zero-order chi connectivity index (χ0) is 16.4. The number of aromatic nitrogens is 3. The molecule has 1 heterocycles. The SMILES string of the molecule is Nc1nc(Sc2ccccc2N)nc(-c2ccc(Cl)cc2Cl)n1. The van der Waals surface area contributed by atoms with Gasteiger partial charge in [0, 0.05) is 21.2 Å². The van der Waals surface area contributed by atoms with E-state index in [4.69, 9.17) is 34.7 Å². The predicted molar refractivity (Wildman–Crippen MR) is 94.7 cm³/mol. The van der Waals surface area contributed by atoms with Crippen LogP contribution >= 0.6 is 35.0 Å². The minimum atomic E-state index is 0.109. The molecule has 0 fully saturated rings. The summed E-state index contributed by atoms with van der Waals surface area (Å²) in [5.74, 6) is 0.495. The zero-order valence-corrected chi connectivity index (χ0v) is 14.0. The summed E-state index contributed by atoms with van der Waals surface area (Å²) in [6.45, 7) is 0. The average molecular weight is 364 g/mol. The van der Waals surface area contributed by atoms with Crippen molar-refractivity contribution in [2.45, 2.75) is 10.1 Å². The van der Waals surface area contributed by atoms with Gasteiger partial charge in [-0.15, -0.1) is 0 Å². The standard InChI is InChI=1S/C15H11Cl2N5S/c16-8-5-6-9(10(17)7-8)13-20-14(19)22-15(21-13)23-12-4-2-1-3-11(12)18/h1-7H,18H2,(H2,19,20,21,22). The lowest BCUT2D eigenvalue weighted by Crippen LogP contribution is -2.02. The molecular formula is C15H11Cl2N5S. The molecule has 0 radical (unpaired) electrons. The first-order chi connectivity index (χ1) is 11.0. The second-order valence-electron chi connectivity index (χ2n) is 4.56. The molecule has 0 bridgehead atoms. The molecule has 0 spiro atoms. The highest BCUT2D eigenvalue weighted by atomic mass is 35.5. The lowest BCUT2D eigenvalue weighted by molar-refractivity contribution is 0.925. The largest absolute Gasteiger partial charge is 0.398 e. The Balaban J connectivity index is 2.01. The van der Waals surface area contributed by atoms with Gasteiger partial charge in [0.2, 0.25) is 5.95 Å². The minimum absolute atomic E-state index is 0.109. The number of benzene rings is 2. The third-order valence-electron chi connectivity index (χ3n) is 2.92. The molecule has 5 nitrogen and oxygen atoms in total. The maximum Gasteiger partial charge on any atom is 0.224 e. The summed E-state index contributed by atoms with van der Waals surface area (Å²) in [6, 6.07) is 12.5. The van der Waals surface area contributed by atoms with Crippen molar-refractivity contribution in [3.8, 4) is 11.4 Å². The van der Waals surface area contributed by atoms with Crippen LogP contribution in [-0.4, -0.2) is 15.0 Å². The highest BCUT2D eigenvalue weighted by molar-refractivity contribution is 7.99. The van der Waals surface area contributed by atoms with Crippen LogP contribution in [0, 0.1) is 0 Å². The van der Waals surface area contributed by atoms with E-state index in [9.17, 15) is 0 Å². The van der Waals surface area contributed by atoms with Crippen LogP contribution < -0.4 is 11.5 Å². The van der Waals surface area contributed by atoms with E-state index in [0.29, 0.717) is 32.3 Å². The molecule has 0 atom stereocenters. The lowest BCUT2D eigenvalue weighted by Gasteiger charge is -2.07. The fourth-order valence-electron chi connectivity index (χ4n) is 1.88. The Morgan fingerprint density at radius 2 is 1.70 bits per heavy atom. The lowest BCUT2D eigenvalue weighted by atomic mass is 10.2. The Bertz CT molecular complexity index is 872. The normalized spacial score (nSPS) is 10.7. The van der Waals surface area contributed by atoms with Crippen molar-refractivity contribution < 1.29 is 0 Å². The summed E-state index contributed by atoms with van der Waals surface area (Å²) in [6.07, 6.45) is 0. The first kappa shape index (κ1) is 15.9. The van der Waals surface area contributed by atoms with Gasteiger partial charge in [0.15, 0.2) is 11.0 Å². The molecule has 8 heteroatoms. The molecule has 0 aliphatic heterocycles. The van der Waals surface area contributed by atoms with Crippen LogP contribution in [0.4, 0.5) is 11.6 Å². The van der Waals surface area contributed by atoms with Crippen LogP contribution in [0.3, 0.4) is 0 Å². The molecule has 116 valence electrons. The van der Waals surface area contributed by atoms with E-state index >= 15 is 0 Å². The van der Waals surface area contributed by atoms with Gasteiger partial charge in [-0.2, -0.15) is 9.97 Å². The fourth-order valence-corrected chi connectivity index (χ4v) is 3.17. The molecule has 2 aromatic carbocycles. The number of nitrogens with zero attached hydrogens (tertiary/aromatic N) is 3. The van der Waals surface area contributed by atoms with Crippen molar-refractivity contribution in [3.05, 3.63) is 52.5 Å². The molecule has 0 amide bonds. The van der Waals surface area contributed by atoms with Crippen molar-refractivity contribution in [2.75, 3.05) is 11.5 Å². The molecule has 0 saturated heterocycles. The molecule has 4 N–H and O–H groups in total. The number of rotatable bonds is 3. The van der Waals surface area contributed by atoms with Crippen molar-refractivity contribution in [3.63, 3.8) is 0 Å². The van der Waals surface area contributed by atoms with E-state index in [1.165, 1.54) is 11.8 Å². The summed E-state index contributed by atoms with van der Waals surface area (Å²) in [7, 11) is 0. The van der Waals surface area contributed by atoms with Crippen molar-refractivity contribution in [1.29, 1.82) is 0 Å². The zero-order valence-electron chi connectivity index (χ0n) is 11.7. The van der Waals surface area contributed by atoms with Gasteiger partial charge in [-0.3, -0.25) is 0 Å². The predicted octanol–water partition coefficient (Wildman–Crippen LogP) is 4.16. The number of anilines is 2. The van der Waals surface area contributed by atoms with E-state index in [2.05, 4.69) is 15.0 Å². The summed E-state index contributed by atoms with van der Waals surface area (Å²) in [4.78, 5) is 13.5.